The van der Waals surface area contributed by atoms with Crippen LogP contribution < -0.4 is 10.9 Å². The van der Waals surface area contributed by atoms with Crippen LogP contribution in [0.1, 0.15) is 16.6 Å². The van der Waals surface area contributed by atoms with Gasteiger partial charge in [-0.1, -0.05) is 0 Å². The van der Waals surface area contributed by atoms with Gasteiger partial charge in [0.1, 0.15) is 6.04 Å². The average molecular weight is 420 g/mol. The van der Waals surface area contributed by atoms with Crippen molar-refractivity contribution in [1.82, 2.24) is 24.9 Å². The molecular formula is C16H14BrN5O4. The van der Waals surface area contributed by atoms with E-state index in [4.69, 9.17) is 9.15 Å². The van der Waals surface area contributed by atoms with Crippen LogP contribution in [0.4, 0.5) is 0 Å². The fourth-order valence-corrected chi connectivity index (χ4v) is 3.08. The number of hydrogen-bond acceptors (Lipinski definition) is 6. The van der Waals surface area contributed by atoms with Crippen molar-refractivity contribution in [1.29, 1.82) is 0 Å². The fraction of sp³-hybridized carbons (Fsp3) is 0.250. The summed E-state index contributed by atoms with van der Waals surface area (Å²) in [7, 11) is 0. The molecule has 2 atom stereocenters. The van der Waals surface area contributed by atoms with Crippen LogP contribution in [0.3, 0.4) is 0 Å². The highest BCUT2D eigenvalue weighted by Crippen LogP contribution is 2.19. The van der Waals surface area contributed by atoms with Crippen LogP contribution in [-0.4, -0.2) is 44.7 Å². The predicted molar refractivity (Wildman–Crippen MR) is 93.1 cm³/mol. The maximum Gasteiger partial charge on any atom is 0.287 e. The van der Waals surface area contributed by atoms with Gasteiger partial charge in [-0.05, 0) is 40.2 Å². The number of nitrogens with zero attached hydrogens (tertiary/aromatic N) is 4. The van der Waals surface area contributed by atoms with Gasteiger partial charge in [0, 0.05) is 18.5 Å². The lowest BCUT2D eigenvalue weighted by Crippen LogP contribution is -2.44. The summed E-state index contributed by atoms with van der Waals surface area (Å²) in [5, 5.41) is 11.3. The lowest BCUT2D eigenvalue weighted by atomic mass is 10.1. The van der Waals surface area contributed by atoms with Crippen molar-refractivity contribution in [2.24, 2.45) is 0 Å². The second kappa shape index (κ2) is 6.89. The second-order valence-electron chi connectivity index (χ2n) is 5.71. The van der Waals surface area contributed by atoms with E-state index in [0.29, 0.717) is 10.5 Å². The molecule has 4 rings (SSSR count). The Morgan fingerprint density at radius 3 is 2.88 bits per heavy atom. The molecule has 10 heteroatoms. The minimum atomic E-state index is -0.430. The number of carbonyl (C=O) groups excluding carboxylic acids is 1. The van der Waals surface area contributed by atoms with Gasteiger partial charge in [-0.25, -0.2) is 9.36 Å². The number of rotatable bonds is 4. The molecule has 0 saturated carbocycles. The van der Waals surface area contributed by atoms with Gasteiger partial charge < -0.3 is 14.5 Å². The number of furan rings is 1. The monoisotopic (exact) mass is 419 g/mol. The largest absolute Gasteiger partial charge is 0.444 e. The van der Waals surface area contributed by atoms with E-state index in [1.54, 1.807) is 41.3 Å². The Morgan fingerprint density at radius 1 is 1.27 bits per heavy atom. The predicted octanol–water partition coefficient (Wildman–Crippen LogP) is 1.15. The van der Waals surface area contributed by atoms with E-state index in [9.17, 15) is 9.59 Å². The Labute approximate surface area is 155 Å². The highest BCUT2D eigenvalue weighted by Gasteiger charge is 2.33. The van der Waals surface area contributed by atoms with Gasteiger partial charge in [0.25, 0.3) is 11.5 Å². The third-order valence-electron chi connectivity index (χ3n) is 4.03. The molecule has 26 heavy (non-hydrogen) atoms. The summed E-state index contributed by atoms with van der Waals surface area (Å²) in [5.41, 5.74) is -0.281. The molecule has 1 amide bonds. The lowest BCUT2D eigenvalue weighted by molar-refractivity contribution is 0.0895. The van der Waals surface area contributed by atoms with E-state index in [1.165, 1.54) is 10.7 Å². The summed E-state index contributed by atoms with van der Waals surface area (Å²) >= 11 is 3.16. The SMILES string of the molecule is O=C(NC1COCC1n1nc(-n2cccn2)ccc1=O)c1ccc(Br)o1. The van der Waals surface area contributed by atoms with Gasteiger partial charge in [0.2, 0.25) is 0 Å². The van der Waals surface area contributed by atoms with Crippen molar-refractivity contribution >= 4 is 21.8 Å². The molecule has 1 saturated heterocycles. The molecule has 1 aliphatic heterocycles. The minimum absolute atomic E-state index is 0.174. The van der Waals surface area contributed by atoms with Crippen LogP contribution >= 0.6 is 15.9 Å². The van der Waals surface area contributed by atoms with Gasteiger partial charge in [-0.3, -0.25) is 9.59 Å². The molecule has 0 aliphatic carbocycles. The molecule has 1 aliphatic rings. The van der Waals surface area contributed by atoms with Crippen LogP contribution in [-0.2, 0) is 4.74 Å². The molecule has 134 valence electrons. The highest BCUT2D eigenvalue weighted by atomic mass is 79.9. The van der Waals surface area contributed by atoms with Crippen molar-refractivity contribution in [3.8, 4) is 5.82 Å². The molecule has 1 fully saturated rings. The molecule has 0 spiro atoms. The molecule has 2 unspecified atom stereocenters. The fourth-order valence-electron chi connectivity index (χ4n) is 2.78. The highest BCUT2D eigenvalue weighted by molar-refractivity contribution is 9.10. The van der Waals surface area contributed by atoms with Gasteiger partial charge in [-0.2, -0.15) is 5.10 Å². The molecular weight excluding hydrogens is 406 g/mol. The summed E-state index contributed by atoms with van der Waals surface area (Å²) in [4.78, 5) is 24.6. The van der Waals surface area contributed by atoms with E-state index in [2.05, 4.69) is 31.4 Å². The third kappa shape index (κ3) is 3.20. The van der Waals surface area contributed by atoms with Gasteiger partial charge in [-0.15, -0.1) is 5.10 Å². The van der Waals surface area contributed by atoms with Gasteiger partial charge in [0.05, 0.1) is 19.3 Å². The minimum Gasteiger partial charge on any atom is -0.444 e. The topological polar surface area (TPSA) is 104 Å². The van der Waals surface area contributed by atoms with Crippen LogP contribution in [0, 0.1) is 0 Å². The number of hydrogen-bond donors (Lipinski definition) is 1. The zero-order chi connectivity index (χ0) is 18.1. The van der Waals surface area contributed by atoms with Crippen LogP contribution in [0.15, 0.2) is 56.6 Å². The first-order valence-electron chi connectivity index (χ1n) is 7.85. The quantitative estimate of drug-likeness (QED) is 0.680. The Bertz CT molecular complexity index is 981. The zero-order valence-corrected chi connectivity index (χ0v) is 15.0. The lowest BCUT2D eigenvalue weighted by Gasteiger charge is -2.20. The van der Waals surface area contributed by atoms with Crippen molar-refractivity contribution in [2.75, 3.05) is 13.2 Å². The molecule has 9 nitrogen and oxygen atoms in total. The molecule has 0 radical (unpaired) electrons. The molecule has 4 heterocycles. The molecule has 3 aromatic rings. The van der Waals surface area contributed by atoms with Gasteiger partial charge in [0.15, 0.2) is 16.2 Å². The molecule has 3 aromatic heterocycles. The number of nitrogens with one attached hydrogen (secondary N) is 1. The summed E-state index contributed by atoms with van der Waals surface area (Å²) in [6, 6.07) is 7.13. The number of aromatic nitrogens is 4. The summed E-state index contributed by atoms with van der Waals surface area (Å²) in [6.07, 6.45) is 3.36. The first kappa shape index (κ1) is 16.7. The summed E-state index contributed by atoms with van der Waals surface area (Å²) in [5.74, 6) is 0.294. The number of carbonyl (C=O) groups is 1. The molecule has 0 bridgehead atoms. The van der Waals surface area contributed by atoms with Crippen molar-refractivity contribution in [2.45, 2.75) is 12.1 Å². The number of ether oxygens (including phenoxy) is 1. The molecule has 0 aromatic carbocycles. The Balaban J connectivity index is 1.59. The summed E-state index contributed by atoms with van der Waals surface area (Å²) < 4.78 is 14.1. The second-order valence-corrected chi connectivity index (χ2v) is 6.50. The van der Waals surface area contributed by atoms with Crippen molar-refractivity contribution < 1.29 is 13.9 Å². The number of amides is 1. The van der Waals surface area contributed by atoms with E-state index < -0.39 is 12.1 Å². The first-order valence-corrected chi connectivity index (χ1v) is 8.65. The van der Waals surface area contributed by atoms with Crippen LogP contribution in [0.2, 0.25) is 0 Å². The van der Waals surface area contributed by atoms with E-state index in [1.807, 2.05) is 0 Å². The standard InChI is InChI=1S/C16H14BrN5O4/c17-13-3-2-12(26-13)16(24)19-10-8-25-9-11(10)22-15(23)5-4-14(20-22)21-7-1-6-18-21/h1-7,10-11H,8-9H2,(H,19,24). The smallest absolute Gasteiger partial charge is 0.287 e. The zero-order valence-electron chi connectivity index (χ0n) is 13.4. The van der Waals surface area contributed by atoms with Crippen molar-refractivity contribution in [3.05, 3.63) is 63.5 Å². The number of halogens is 1. The maximum atomic E-state index is 12.3. The average Bonchev–Trinajstić information content (AvgIpc) is 3.37. The van der Waals surface area contributed by atoms with Crippen molar-refractivity contribution in [3.63, 3.8) is 0 Å². The van der Waals surface area contributed by atoms with E-state index >= 15 is 0 Å². The van der Waals surface area contributed by atoms with Crippen LogP contribution in [0.5, 0.6) is 0 Å². The summed E-state index contributed by atoms with van der Waals surface area (Å²) in [6.45, 7) is 0.542. The van der Waals surface area contributed by atoms with Crippen LogP contribution in [0.25, 0.3) is 5.82 Å². The Morgan fingerprint density at radius 2 is 2.15 bits per heavy atom. The van der Waals surface area contributed by atoms with Gasteiger partial charge >= 0.3 is 0 Å². The molecule has 1 N–H and O–H groups in total. The third-order valence-corrected chi connectivity index (χ3v) is 4.45. The maximum absolute atomic E-state index is 12.3. The first-order chi connectivity index (χ1) is 12.6. The normalized spacial score (nSPS) is 19.6. The van der Waals surface area contributed by atoms with E-state index in [-0.39, 0.29) is 30.4 Å². The Hall–Kier alpha value is -2.72. The Kier molecular flexibility index (Phi) is 4.43. The van der Waals surface area contributed by atoms with E-state index in [0.717, 1.165) is 0 Å².